The number of ketones is 1. The Morgan fingerprint density at radius 1 is 0.903 bits per heavy atom. The topological polar surface area (TPSA) is 47.6 Å². The Morgan fingerprint density at radius 2 is 1.58 bits per heavy atom. The van der Waals surface area contributed by atoms with Crippen LogP contribution in [0.1, 0.15) is 64.7 Å². The van der Waals surface area contributed by atoms with E-state index in [0.717, 1.165) is 27.9 Å². The summed E-state index contributed by atoms with van der Waals surface area (Å²) in [5.41, 5.74) is 5.15. The standard InChI is InChI=1S/C27H28NO3/c1-4-30-27(31-5-2)21-15-10-14-20(17-21)24-25(19-12-7-6-8-13-19)28-22-16-9-11-18(3)23(22)26(24)29/h6-17,24-25,27-28H,3-5H2,1-2H3. The highest BCUT2D eigenvalue weighted by Crippen LogP contribution is 2.43. The van der Waals surface area contributed by atoms with E-state index in [1.807, 2.05) is 74.5 Å². The number of hydrogen-bond donors (Lipinski definition) is 1. The summed E-state index contributed by atoms with van der Waals surface area (Å²) in [4.78, 5) is 13.8. The second-order valence-corrected chi connectivity index (χ2v) is 7.63. The molecule has 4 heteroatoms. The average molecular weight is 415 g/mol. The van der Waals surface area contributed by atoms with Crippen molar-refractivity contribution in [2.75, 3.05) is 18.5 Å². The molecule has 0 fully saturated rings. The molecule has 2 atom stereocenters. The Bertz CT molecular complexity index is 1040. The van der Waals surface area contributed by atoms with Gasteiger partial charge in [0.15, 0.2) is 12.1 Å². The Labute approximate surface area is 184 Å². The molecule has 4 nitrogen and oxygen atoms in total. The van der Waals surface area contributed by atoms with Crippen LogP contribution in [0.5, 0.6) is 0 Å². The van der Waals surface area contributed by atoms with Gasteiger partial charge < -0.3 is 14.8 Å². The third kappa shape index (κ3) is 4.27. The molecule has 4 rings (SSSR count). The number of rotatable bonds is 7. The van der Waals surface area contributed by atoms with Crippen LogP contribution in [-0.2, 0) is 9.47 Å². The monoisotopic (exact) mass is 414 g/mol. The molecule has 0 saturated heterocycles. The van der Waals surface area contributed by atoms with Crippen molar-refractivity contribution in [3.8, 4) is 0 Å². The van der Waals surface area contributed by atoms with Crippen LogP contribution in [-0.4, -0.2) is 19.0 Å². The summed E-state index contributed by atoms with van der Waals surface area (Å²) in [5, 5.41) is 3.61. The molecule has 3 aromatic carbocycles. The number of benzene rings is 3. The van der Waals surface area contributed by atoms with Gasteiger partial charge in [-0.15, -0.1) is 0 Å². The van der Waals surface area contributed by atoms with E-state index in [0.29, 0.717) is 18.8 Å². The molecule has 1 radical (unpaired) electrons. The summed E-state index contributed by atoms with van der Waals surface area (Å²) in [6.07, 6.45) is -0.451. The van der Waals surface area contributed by atoms with Crippen molar-refractivity contribution < 1.29 is 14.3 Å². The maximum atomic E-state index is 13.8. The predicted octanol–water partition coefficient (Wildman–Crippen LogP) is 6.07. The summed E-state index contributed by atoms with van der Waals surface area (Å²) in [5.74, 6) is -0.309. The fourth-order valence-corrected chi connectivity index (χ4v) is 4.29. The quantitative estimate of drug-likeness (QED) is 0.477. The number of anilines is 1. The van der Waals surface area contributed by atoms with Crippen molar-refractivity contribution in [2.45, 2.75) is 32.1 Å². The predicted molar refractivity (Wildman–Crippen MR) is 123 cm³/mol. The lowest BCUT2D eigenvalue weighted by Gasteiger charge is -2.35. The molecular formula is C27H28NO3. The van der Waals surface area contributed by atoms with Gasteiger partial charge in [0.05, 0.1) is 12.0 Å². The van der Waals surface area contributed by atoms with Gasteiger partial charge in [-0.2, -0.15) is 0 Å². The number of ether oxygens (including phenoxy) is 2. The number of Topliss-reactive ketones (excluding diaryl/α,β-unsaturated/α-hetero) is 1. The number of nitrogens with one attached hydrogen (secondary N) is 1. The van der Waals surface area contributed by atoms with E-state index in [2.05, 4.69) is 24.4 Å². The lowest BCUT2D eigenvalue weighted by atomic mass is 9.77. The van der Waals surface area contributed by atoms with E-state index < -0.39 is 6.29 Å². The van der Waals surface area contributed by atoms with Crippen LogP contribution in [0.25, 0.3) is 0 Å². The molecule has 0 aromatic heterocycles. The zero-order valence-corrected chi connectivity index (χ0v) is 18.0. The van der Waals surface area contributed by atoms with Crippen molar-refractivity contribution in [3.63, 3.8) is 0 Å². The van der Waals surface area contributed by atoms with Crippen molar-refractivity contribution in [2.24, 2.45) is 0 Å². The van der Waals surface area contributed by atoms with Gasteiger partial charge in [0.25, 0.3) is 0 Å². The zero-order chi connectivity index (χ0) is 21.8. The average Bonchev–Trinajstić information content (AvgIpc) is 2.79. The molecule has 1 aliphatic rings. The third-order valence-electron chi connectivity index (χ3n) is 5.66. The minimum atomic E-state index is -0.451. The Morgan fingerprint density at radius 3 is 2.29 bits per heavy atom. The molecule has 0 aliphatic carbocycles. The van der Waals surface area contributed by atoms with Gasteiger partial charge in [-0.25, -0.2) is 0 Å². The second-order valence-electron chi connectivity index (χ2n) is 7.63. The molecule has 31 heavy (non-hydrogen) atoms. The Balaban J connectivity index is 1.81. The molecule has 1 heterocycles. The number of fused-ring (bicyclic) bond motifs is 1. The van der Waals surface area contributed by atoms with Crippen molar-refractivity contribution in [3.05, 3.63) is 108 Å². The molecule has 0 bridgehead atoms. The van der Waals surface area contributed by atoms with Crippen LogP contribution < -0.4 is 5.32 Å². The minimum Gasteiger partial charge on any atom is -0.377 e. The highest BCUT2D eigenvalue weighted by Gasteiger charge is 2.38. The van der Waals surface area contributed by atoms with E-state index in [9.17, 15) is 4.79 Å². The van der Waals surface area contributed by atoms with Gasteiger partial charge in [0.1, 0.15) is 0 Å². The second kappa shape index (κ2) is 9.46. The molecule has 0 amide bonds. The summed E-state index contributed by atoms with van der Waals surface area (Å²) in [7, 11) is 0. The molecule has 1 N–H and O–H groups in total. The van der Waals surface area contributed by atoms with Crippen LogP contribution in [0.2, 0.25) is 0 Å². The number of hydrogen-bond acceptors (Lipinski definition) is 4. The van der Waals surface area contributed by atoms with Gasteiger partial charge in [0, 0.05) is 30.0 Å². The Kier molecular flexibility index (Phi) is 6.50. The van der Waals surface area contributed by atoms with Crippen molar-refractivity contribution in [1.82, 2.24) is 0 Å². The first-order valence-corrected chi connectivity index (χ1v) is 10.8. The van der Waals surface area contributed by atoms with Crippen molar-refractivity contribution in [1.29, 1.82) is 0 Å². The van der Waals surface area contributed by atoms with Gasteiger partial charge in [0.2, 0.25) is 0 Å². The molecule has 0 spiro atoms. The first-order chi connectivity index (χ1) is 15.1. The molecule has 159 valence electrons. The maximum absolute atomic E-state index is 13.8. The van der Waals surface area contributed by atoms with Gasteiger partial charge in [-0.1, -0.05) is 60.7 Å². The third-order valence-corrected chi connectivity index (χ3v) is 5.66. The molecule has 3 aromatic rings. The number of carbonyl (C=O) groups is 1. The van der Waals surface area contributed by atoms with Gasteiger partial charge >= 0.3 is 0 Å². The van der Waals surface area contributed by atoms with Crippen LogP contribution in [0, 0.1) is 6.92 Å². The normalized spacial score (nSPS) is 18.0. The van der Waals surface area contributed by atoms with E-state index >= 15 is 0 Å². The van der Waals surface area contributed by atoms with Crippen LogP contribution in [0.4, 0.5) is 5.69 Å². The van der Waals surface area contributed by atoms with Gasteiger partial charge in [-0.05, 0) is 49.6 Å². The lowest BCUT2D eigenvalue weighted by Crippen LogP contribution is -2.32. The smallest absolute Gasteiger partial charge is 0.183 e. The van der Waals surface area contributed by atoms with Crippen LogP contribution in [0.15, 0.2) is 72.8 Å². The zero-order valence-electron chi connectivity index (χ0n) is 18.0. The summed E-state index contributed by atoms with van der Waals surface area (Å²) >= 11 is 0. The number of carbonyl (C=O) groups excluding carboxylic acids is 1. The minimum absolute atomic E-state index is 0.0784. The lowest BCUT2D eigenvalue weighted by molar-refractivity contribution is -0.140. The molecule has 0 saturated carbocycles. The molecule has 2 unspecified atom stereocenters. The fourth-order valence-electron chi connectivity index (χ4n) is 4.29. The van der Waals surface area contributed by atoms with Crippen LogP contribution in [0.3, 0.4) is 0 Å². The summed E-state index contributed by atoms with van der Waals surface area (Å²) in [6.45, 7) is 9.09. The molecule has 1 aliphatic heterocycles. The van der Waals surface area contributed by atoms with E-state index in [1.165, 1.54) is 0 Å². The van der Waals surface area contributed by atoms with Crippen LogP contribution >= 0.6 is 0 Å². The van der Waals surface area contributed by atoms with Gasteiger partial charge in [-0.3, -0.25) is 4.79 Å². The maximum Gasteiger partial charge on any atom is 0.183 e. The van der Waals surface area contributed by atoms with E-state index in [1.54, 1.807) is 0 Å². The fraction of sp³-hybridized carbons (Fsp3) is 0.259. The summed E-state index contributed by atoms with van der Waals surface area (Å²) in [6, 6.07) is 23.7. The van der Waals surface area contributed by atoms with E-state index in [-0.39, 0.29) is 17.7 Å². The van der Waals surface area contributed by atoms with Crippen molar-refractivity contribution >= 4 is 11.5 Å². The summed E-state index contributed by atoms with van der Waals surface area (Å²) < 4.78 is 11.6. The highest BCUT2D eigenvalue weighted by molar-refractivity contribution is 6.09. The largest absolute Gasteiger partial charge is 0.377 e. The SMILES string of the molecule is [CH2]c1cccc2c1C(=O)C(c1cccc(C(OCC)OCC)c1)C(c1ccccc1)N2. The first-order valence-electron chi connectivity index (χ1n) is 10.8. The van der Waals surface area contributed by atoms with E-state index in [4.69, 9.17) is 9.47 Å². The molecular weight excluding hydrogens is 386 g/mol. The highest BCUT2D eigenvalue weighted by atomic mass is 16.7. The first kappa shape index (κ1) is 21.3. The Hall–Kier alpha value is -2.95.